The summed E-state index contributed by atoms with van der Waals surface area (Å²) in [5.41, 5.74) is 0.886. The van der Waals surface area contributed by atoms with Gasteiger partial charge in [-0.15, -0.1) is 11.3 Å². The lowest BCUT2D eigenvalue weighted by Crippen LogP contribution is -2.30. The Balaban J connectivity index is 2.64. The average molecular weight is 302 g/mol. The monoisotopic (exact) mass is 302 g/mol. The normalized spacial score (nSPS) is 10.3. The van der Waals surface area contributed by atoms with Crippen LogP contribution in [0.3, 0.4) is 0 Å². The molecule has 0 spiro atoms. The van der Waals surface area contributed by atoms with Crippen LogP contribution < -0.4 is 10.6 Å². The van der Waals surface area contributed by atoms with Gasteiger partial charge in [-0.1, -0.05) is 0 Å². The van der Waals surface area contributed by atoms with Crippen LogP contribution in [0.4, 0.5) is 9.80 Å². The first kappa shape index (κ1) is 15.8. The molecule has 3 N–H and O–H groups in total. The predicted octanol–water partition coefficient (Wildman–Crippen LogP) is 2.94. The SMILES string of the molecule is CSCCCNC(=O)Nc1sc(C)c(C)c1C(=O)O. The highest BCUT2D eigenvalue weighted by Gasteiger charge is 2.19. The standard InChI is InChI=1S/C12H18N2O3S2/c1-7-8(2)19-10(9(7)11(15)16)14-12(17)13-5-4-6-18-3/h4-6H2,1-3H3,(H,15,16)(H2,13,14,17). The summed E-state index contributed by atoms with van der Waals surface area (Å²) in [4.78, 5) is 23.7. The van der Waals surface area contributed by atoms with Crippen molar-refractivity contribution in [1.82, 2.24) is 5.32 Å². The van der Waals surface area contributed by atoms with Gasteiger partial charge in [-0.25, -0.2) is 9.59 Å². The summed E-state index contributed by atoms with van der Waals surface area (Å²) in [5.74, 6) is -0.0303. The van der Waals surface area contributed by atoms with Crippen molar-refractivity contribution in [2.45, 2.75) is 20.3 Å². The van der Waals surface area contributed by atoms with Gasteiger partial charge in [-0.05, 0) is 37.8 Å². The van der Waals surface area contributed by atoms with E-state index in [0.717, 1.165) is 17.1 Å². The first-order valence-corrected chi connectivity index (χ1v) is 8.05. The molecule has 0 radical (unpaired) electrons. The molecule has 0 unspecified atom stereocenters. The Bertz CT molecular complexity index is 472. The largest absolute Gasteiger partial charge is 0.478 e. The van der Waals surface area contributed by atoms with Gasteiger partial charge in [0.2, 0.25) is 0 Å². The van der Waals surface area contributed by atoms with Crippen LogP contribution in [0.2, 0.25) is 0 Å². The van der Waals surface area contributed by atoms with Crippen molar-refractivity contribution < 1.29 is 14.7 Å². The molecule has 2 amide bonds. The molecule has 7 heteroatoms. The van der Waals surface area contributed by atoms with Crippen molar-refractivity contribution in [2.75, 3.05) is 23.9 Å². The van der Waals surface area contributed by atoms with Crippen LogP contribution in [-0.2, 0) is 0 Å². The van der Waals surface area contributed by atoms with Crippen LogP contribution in [0.15, 0.2) is 0 Å². The Morgan fingerprint density at radius 1 is 1.37 bits per heavy atom. The van der Waals surface area contributed by atoms with Crippen molar-refractivity contribution in [3.05, 3.63) is 16.0 Å². The number of anilines is 1. The zero-order chi connectivity index (χ0) is 14.4. The number of carbonyl (C=O) groups is 2. The Hall–Kier alpha value is -1.21. The summed E-state index contributed by atoms with van der Waals surface area (Å²) in [7, 11) is 0. The first-order valence-electron chi connectivity index (χ1n) is 5.84. The average Bonchev–Trinajstić information content (AvgIpc) is 2.60. The lowest BCUT2D eigenvalue weighted by molar-refractivity contribution is 0.0697. The summed E-state index contributed by atoms with van der Waals surface area (Å²) in [6, 6.07) is -0.357. The van der Waals surface area contributed by atoms with Crippen molar-refractivity contribution in [3.8, 4) is 0 Å². The Kier molecular flexibility index (Phi) is 6.17. The van der Waals surface area contributed by atoms with Crippen molar-refractivity contribution >= 4 is 40.1 Å². The summed E-state index contributed by atoms with van der Waals surface area (Å²) in [6.07, 6.45) is 2.90. The summed E-state index contributed by atoms with van der Waals surface area (Å²) in [5, 5.41) is 14.9. The van der Waals surface area contributed by atoms with Gasteiger partial charge in [0.1, 0.15) is 5.00 Å². The molecule has 0 bridgehead atoms. The second-order valence-electron chi connectivity index (χ2n) is 4.02. The molecule has 0 aliphatic carbocycles. The molecule has 0 aromatic carbocycles. The van der Waals surface area contributed by atoms with Gasteiger partial charge >= 0.3 is 12.0 Å². The molecule has 19 heavy (non-hydrogen) atoms. The lowest BCUT2D eigenvalue weighted by Gasteiger charge is -2.06. The minimum atomic E-state index is -1.01. The fourth-order valence-corrected chi connectivity index (χ4v) is 3.02. The van der Waals surface area contributed by atoms with Gasteiger partial charge in [0.05, 0.1) is 5.56 Å². The molecule has 1 heterocycles. The van der Waals surface area contributed by atoms with Gasteiger partial charge in [-0.3, -0.25) is 5.32 Å². The number of amides is 2. The zero-order valence-electron chi connectivity index (χ0n) is 11.2. The van der Waals surface area contributed by atoms with Crippen molar-refractivity contribution in [2.24, 2.45) is 0 Å². The van der Waals surface area contributed by atoms with Gasteiger partial charge in [0, 0.05) is 11.4 Å². The number of hydrogen-bond acceptors (Lipinski definition) is 4. The molecule has 0 saturated carbocycles. The predicted molar refractivity (Wildman–Crippen MR) is 80.8 cm³/mol. The molecule has 0 aliphatic heterocycles. The number of aryl methyl sites for hydroxylation is 1. The van der Waals surface area contributed by atoms with Crippen molar-refractivity contribution in [1.29, 1.82) is 0 Å². The highest BCUT2D eigenvalue weighted by atomic mass is 32.2. The van der Waals surface area contributed by atoms with E-state index in [9.17, 15) is 9.59 Å². The van der Waals surface area contributed by atoms with Crippen LogP contribution in [0.25, 0.3) is 0 Å². The molecule has 1 rings (SSSR count). The molecule has 1 aromatic heterocycles. The van der Waals surface area contributed by atoms with Crippen LogP contribution in [0, 0.1) is 13.8 Å². The van der Waals surface area contributed by atoms with Gasteiger partial charge in [0.15, 0.2) is 0 Å². The van der Waals surface area contributed by atoms with E-state index in [-0.39, 0.29) is 11.6 Å². The van der Waals surface area contributed by atoms with E-state index in [1.807, 2.05) is 13.2 Å². The van der Waals surface area contributed by atoms with Crippen molar-refractivity contribution in [3.63, 3.8) is 0 Å². The first-order chi connectivity index (χ1) is 8.97. The Labute approximate surface area is 120 Å². The Morgan fingerprint density at radius 3 is 2.63 bits per heavy atom. The number of hydrogen-bond donors (Lipinski definition) is 3. The molecule has 1 aromatic rings. The van der Waals surface area contributed by atoms with E-state index in [0.29, 0.717) is 17.1 Å². The quantitative estimate of drug-likeness (QED) is 0.706. The molecular formula is C12H18N2O3S2. The number of aromatic carboxylic acids is 1. The van der Waals surface area contributed by atoms with Gasteiger partial charge in [0.25, 0.3) is 0 Å². The lowest BCUT2D eigenvalue weighted by atomic mass is 10.1. The highest BCUT2D eigenvalue weighted by molar-refractivity contribution is 7.98. The summed E-state index contributed by atoms with van der Waals surface area (Å²) >= 11 is 3.01. The molecule has 5 nitrogen and oxygen atoms in total. The number of thioether (sulfide) groups is 1. The number of carboxylic acids is 1. The summed E-state index contributed by atoms with van der Waals surface area (Å²) in [6.45, 7) is 4.17. The maximum atomic E-state index is 11.7. The van der Waals surface area contributed by atoms with Gasteiger partial charge in [-0.2, -0.15) is 11.8 Å². The van der Waals surface area contributed by atoms with E-state index < -0.39 is 5.97 Å². The van der Waals surface area contributed by atoms with Crippen LogP contribution in [0.1, 0.15) is 27.2 Å². The second kappa shape index (κ2) is 7.40. The second-order valence-corrected chi connectivity index (χ2v) is 6.23. The molecule has 106 valence electrons. The minimum Gasteiger partial charge on any atom is -0.478 e. The highest BCUT2D eigenvalue weighted by Crippen LogP contribution is 2.32. The molecule has 0 aliphatic rings. The molecule has 0 fully saturated rings. The van der Waals surface area contributed by atoms with Crippen LogP contribution >= 0.6 is 23.1 Å². The summed E-state index contributed by atoms with van der Waals surface area (Å²) < 4.78 is 0. The van der Waals surface area contributed by atoms with E-state index in [2.05, 4.69) is 10.6 Å². The van der Waals surface area contributed by atoms with Crippen LogP contribution in [-0.4, -0.2) is 35.7 Å². The van der Waals surface area contributed by atoms with E-state index >= 15 is 0 Å². The fraction of sp³-hybridized carbons (Fsp3) is 0.500. The molecule has 0 saturated heterocycles. The number of rotatable bonds is 6. The fourth-order valence-electron chi connectivity index (χ4n) is 1.54. The number of carbonyl (C=O) groups excluding carboxylic acids is 1. The number of thiophene rings is 1. The van der Waals surface area contributed by atoms with Crippen LogP contribution in [0.5, 0.6) is 0 Å². The van der Waals surface area contributed by atoms with Gasteiger partial charge < -0.3 is 10.4 Å². The molecular weight excluding hydrogens is 284 g/mol. The third kappa shape index (κ3) is 4.43. The smallest absolute Gasteiger partial charge is 0.338 e. The third-order valence-electron chi connectivity index (χ3n) is 2.64. The number of carboxylic acid groups (broad SMARTS) is 1. The Morgan fingerprint density at radius 2 is 2.05 bits per heavy atom. The third-order valence-corrected chi connectivity index (χ3v) is 4.46. The topological polar surface area (TPSA) is 78.4 Å². The van der Waals surface area contributed by atoms with E-state index in [4.69, 9.17) is 5.11 Å². The number of urea groups is 1. The zero-order valence-corrected chi connectivity index (χ0v) is 12.8. The maximum Gasteiger partial charge on any atom is 0.338 e. The molecule has 0 atom stereocenters. The van der Waals surface area contributed by atoms with E-state index in [1.54, 1.807) is 18.7 Å². The number of nitrogens with one attached hydrogen (secondary N) is 2. The minimum absolute atomic E-state index is 0.182. The maximum absolute atomic E-state index is 11.7. The van der Waals surface area contributed by atoms with E-state index in [1.165, 1.54) is 11.3 Å².